The number of pyridine rings is 1. The molecule has 164 valence electrons. The summed E-state index contributed by atoms with van der Waals surface area (Å²) in [5, 5.41) is 12.3. The molecule has 0 saturated carbocycles. The first-order valence-corrected chi connectivity index (χ1v) is 10.2. The van der Waals surface area contributed by atoms with Crippen molar-refractivity contribution in [1.82, 2.24) is 14.7 Å². The number of amides is 1. The van der Waals surface area contributed by atoms with E-state index in [9.17, 15) is 14.9 Å². The maximum atomic E-state index is 12.5. The Morgan fingerprint density at radius 3 is 2.72 bits per heavy atom. The van der Waals surface area contributed by atoms with Gasteiger partial charge in [-0.15, -0.1) is 0 Å². The molecule has 0 unspecified atom stereocenters. The fraction of sp³-hybridized carbons (Fsp3) is 0.250. The van der Waals surface area contributed by atoms with E-state index in [1.54, 1.807) is 10.6 Å². The molecule has 2 aromatic heterocycles. The van der Waals surface area contributed by atoms with Gasteiger partial charge in [-0.25, -0.2) is 4.79 Å². The second-order valence-electron chi connectivity index (χ2n) is 7.10. The molecule has 2 heterocycles. The molecule has 3 aromatic rings. The van der Waals surface area contributed by atoms with Gasteiger partial charge >= 0.3 is 5.97 Å². The normalized spacial score (nSPS) is 11.1. The number of imidazole rings is 1. The summed E-state index contributed by atoms with van der Waals surface area (Å²) >= 11 is 0. The zero-order valence-corrected chi connectivity index (χ0v) is 18.0. The van der Waals surface area contributed by atoms with Gasteiger partial charge in [-0.3, -0.25) is 9.20 Å². The van der Waals surface area contributed by atoms with E-state index < -0.39 is 5.97 Å². The van der Waals surface area contributed by atoms with Crippen molar-refractivity contribution in [3.05, 3.63) is 71.1 Å². The zero-order chi connectivity index (χ0) is 22.9. The van der Waals surface area contributed by atoms with Crippen LogP contribution in [-0.2, 0) is 20.9 Å². The van der Waals surface area contributed by atoms with Crippen LogP contribution < -0.4 is 10.1 Å². The Morgan fingerprint density at radius 1 is 1.22 bits per heavy atom. The van der Waals surface area contributed by atoms with Crippen LogP contribution in [0.4, 0.5) is 0 Å². The predicted molar refractivity (Wildman–Crippen MR) is 119 cm³/mol. The van der Waals surface area contributed by atoms with Gasteiger partial charge in [-0.1, -0.05) is 36.4 Å². The average Bonchev–Trinajstić information content (AvgIpc) is 3.14. The summed E-state index contributed by atoms with van der Waals surface area (Å²) in [5.41, 5.74) is 2.71. The third-order valence-corrected chi connectivity index (χ3v) is 4.62. The Hall–Kier alpha value is -4.12. The number of nitriles is 1. The number of carbonyl (C=O) groups is 2. The van der Waals surface area contributed by atoms with E-state index in [1.807, 2.05) is 55.5 Å². The largest absolute Gasteiger partial charge is 0.476 e. The van der Waals surface area contributed by atoms with Gasteiger partial charge in [0, 0.05) is 19.7 Å². The van der Waals surface area contributed by atoms with Gasteiger partial charge in [0.15, 0.2) is 0 Å². The Kier molecular flexibility index (Phi) is 7.60. The van der Waals surface area contributed by atoms with Crippen LogP contribution in [0.3, 0.4) is 0 Å². The summed E-state index contributed by atoms with van der Waals surface area (Å²) in [6, 6.07) is 14.9. The van der Waals surface area contributed by atoms with Gasteiger partial charge in [0.1, 0.15) is 29.6 Å². The molecule has 1 aromatic carbocycles. The number of esters is 1. The molecule has 0 aliphatic rings. The molecule has 8 nitrogen and oxygen atoms in total. The number of carbonyl (C=O) groups excluding carboxylic acids is 2. The Morgan fingerprint density at radius 2 is 2.00 bits per heavy atom. The number of aryl methyl sites for hydroxylation is 1. The molecule has 0 atom stereocenters. The highest BCUT2D eigenvalue weighted by Gasteiger charge is 2.18. The quantitative estimate of drug-likeness (QED) is 0.241. The lowest BCUT2D eigenvalue weighted by molar-refractivity contribution is -0.139. The number of hydrogen-bond donors (Lipinski definition) is 1. The standard InChI is InChI=1S/C24H24N4O4/c1-17-8-6-12-28-21(23(27-22(17)28)31-13-7-11-26-18(2)29)14-20(15-25)24(30)32-16-19-9-4-3-5-10-19/h3-6,8-10,12,14H,7,11,13,16H2,1-2H3,(H,26,29)/b20-14-. The van der Waals surface area contributed by atoms with Crippen molar-refractivity contribution in [2.45, 2.75) is 26.9 Å². The average molecular weight is 432 g/mol. The van der Waals surface area contributed by atoms with Gasteiger partial charge in [0.25, 0.3) is 0 Å². The predicted octanol–water partition coefficient (Wildman–Crippen LogP) is 3.20. The van der Waals surface area contributed by atoms with E-state index in [-0.39, 0.29) is 18.1 Å². The first-order chi connectivity index (χ1) is 15.5. The molecule has 1 N–H and O–H groups in total. The van der Waals surface area contributed by atoms with Crippen LogP contribution in [0, 0.1) is 18.3 Å². The smallest absolute Gasteiger partial charge is 0.349 e. The number of rotatable bonds is 9. The lowest BCUT2D eigenvalue weighted by Gasteiger charge is -2.06. The fourth-order valence-electron chi connectivity index (χ4n) is 3.02. The molecule has 0 aliphatic carbocycles. The van der Waals surface area contributed by atoms with Crippen molar-refractivity contribution in [3.63, 3.8) is 0 Å². The fourth-order valence-corrected chi connectivity index (χ4v) is 3.02. The highest BCUT2D eigenvalue weighted by molar-refractivity contribution is 5.98. The number of aromatic nitrogens is 2. The zero-order valence-electron chi connectivity index (χ0n) is 18.0. The molecule has 3 rings (SSSR count). The number of ether oxygens (including phenoxy) is 2. The van der Waals surface area contributed by atoms with Gasteiger partial charge in [-0.2, -0.15) is 10.2 Å². The first kappa shape index (κ1) is 22.6. The number of benzene rings is 1. The molecule has 0 bridgehead atoms. The minimum Gasteiger partial charge on any atom is -0.476 e. The number of fused-ring (bicyclic) bond motifs is 1. The van der Waals surface area contributed by atoms with E-state index in [1.165, 1.54) is 13.0 Å². The van der Waals surface area contributed by atoms with E-state index in [2.05, 4.69) is 10.3 Å². The topological polar surface area (TPSA) is 106 Å². The molecule has 0 aliphatic heterocycles. The molecule has 0 radical (unpaired) electrons. The van der Waals surface area contributed by atoms with Crippen molar-refractivity contribution in [2.24, 2.45) is 0 Å². The number of hydrogen-bond acceptors (Lipinski definition) is 6. The van der Waals surface area contributed by atoms with Crippen molar-refractivity contribution < 1.29 is 19.1 Å². The number of nitrogens with one attached hydrogen (secondary N) is 1. The van der Waals surface area contributed by atoms with E-state index >= 15 is 0 Å². The maximum Gasteiger partial charge on any atom is 0.349 e. The monoisotopic (exact) mass is 432 g/mol. The summed E-state index contributed by atoms with van der Waals surface area (Å²) in [4.78, 5) is 28.1. The Bertz CT molecular complexity index is 1180. The van der Waals surface area contributed by atoms with Crippen molar-refractivity contribution >= 4 is 23.6 Å². The van der Waals surface area contributed by atoms with Crippen LogP contribution in [0.5, 0.6) is 5.88 Å². The SMILES string of the molecule is CC(=O)NCCCOc1nc2c(C)cccn2c1/C=C(/C#N)C(=O)OCc1ccccc1. The van der Waals surface area contributed by atoms with E-state index in [0.717, 1.165) is 11.1 Å². The highest BCUT2D eigenvalue weighted by Crippen LogP contribution is 2.25. The molecule has 0 fully saturated rings. The highest BCUT2D eigenvalue weighted by atomic mass is 16.5. The van der Waals surface area contributed by atoms with Crippen LogP contribution in [0.25, 0.3) is 11.7 Å². The molecular weight excluding hydrogens is 408 g/mol. The van der Waals surface area contributed by atoms with E-state index in [0.29, 0.717) is 36.8 Å². The van der Waals surface area contributed by atoms with Crippen LogP contribution >= 0.6 is 0 Å². The van der Waals surface area contributed by atoms with Gasteiger partial charge < -0.3 is 14.8 Å². The third kappa shape index (κ3) is 5.73. The van der Waals surface area contributed by atoms with Crippen molar-refractivity contribution in [2.75, 3.05) is 13.2 Å². The molecular formula is C24H24N4O4. The lowest BCUT2D eigenvalue weighted by atomic mass is 10.2. The second-order valence-corrected chi connectivity index (χ2v) is 7.10. The summed E-state index contributed by atoms with van der Waals surface area (Å²) in [6.07, 6.45) is 3.80. The van der Waals surface area contributed by atoms with Gasteiger partial charge in [0.05, 0.1) is 6.61 Å². The summed E-state index contributed by atoms with van der Waals surface area (Å²) in [6.45, 7) is 4.22. The summed E-state index contributed by atoms with van der Waals surface area (Å²) < 4.78 is 12.9. The minimum absolute atomic E-state index is 0.0669. The summed E-state index contributed by atoms with van der Waals surface area (Å²) in [7, 11) is 0. The maximum absolute atomic E-state index is 12.5. The molecule has 8 heteroatoms. The second kappa shape index (κ2) is 10.8. The number of nitrogens with zero attached hydrogens (tertiary/aromatic N) is 3. The first-order valence-electron chi connectivity index (χ1n) is 10.2. The van der Waals surface area contributed by atoms with Crippen LogP contribution in [-0.4, -0.2) is 34.4 Å². The summed E-state index contributed by atoms with van der Waals surface area (Å²) in [5.74, 6) is -0.536. The van der Waals surface area contributed by atoms with Gasteiger partial charge in [-0.05, 0) is 36.6 Å². The molecule has 1 amide bonds. The molecule has 0 spiro atoms. The lowest BCUT2D eigenvalue weighted by Crippen LogP contribution is -2.22. The van der Waals surface area contributed by atoms with Crippen LogP contribution in [0.2, 0.25) is 0 Å². The third-order valence-electron chi connectivity index (χ3n) is 4.62. The van der Waals surface area contributed by atoms with Crippen molar-refractivity contribution in [3.8, 4) is 11.9 Å². The van der Waals surface area contributed by atoms with Gasteiger partial charge in [0.2, 0.25) is 11.8 Å². The van der Waals surface area contributed by atoms with Crippen LogP contribution in [0.15, 0.2) is 54.2 Å². The van der Waals surface area contributed by atoms with Crippen molar-refractivity contribution in [1.29, 1.82) is 5.26 Å². The molecule has 32 heavy (non-hydrogen) atoms. The molecule has 0 saturated heterocycles. The Balaban J connectivity index is 1.83. The van der Waals surface area contributed by atoms with E-state index in [4.69, 9.17) is 9.47 Å². The minimum atomic E-state index is -0.726. The Labute approximate surface area is 186 Å². The van der Waals surface area contributed by atoms with Crippen LogP contribution in [0.1, 0.15) is 30.2 Å².